The summed E-state index contributed by atoms with van der Waals surface area (Å²) in [5.41, 5.74) is -0.584. The number of nitrogens with zero attached hydrogens (tertiary/aromatic N) is 1. The number of rotatable bonds is 1. The number of hydrogen-bond donors (Lipinski definition) is 1. The summed E-state index contributed by atoms with van der Waals surface area (Å²) < 4.78 is 11.4. The molecule has 5 heteroatoms. The van der Waals surface area contributed by atoms with E-state index < -0.39 is 5.60 Å². The molecule has 5 nitrogen and oxygen atoms in total. The lowest BCUT2D eigenvalue weighted by atomic mass is 9.80. The van der Waals surface area contributed by atoms with Crippen molar-refractivity contribution in [3.05, 3.63) is 0 Å². The van der Waals surface area contributed by atoms with Crippen LogP contribution < -0.4 is 0 Å². The van der Waals surface area contributed by atoms with Crippen LogP contribution in [0.5, 0.6) is 0 Å². The summed E-state index contributed by atoms with van der Waals surface area (Å²) in [6, 6.07) is 0. The number of ether oxygens (including phenoxy) is 2. The van der Waals surface area contributed by atoms with Gasteiger partial charge in [-0.15, -0.1) is 0 Å². The maximum atomic E-state index is 12.0. The third-order valence-electron chi connectivity index (χ3n) is 4.18. The predicted molar refractivity (Wildman–Crippen MR) is 75.5 cm³/mol. The molecule has 0 aliphatic carbocycles. The molecule has 1 atom stereocenters. The number of carbonyl (C=O) groups is 1. The van der Waals surface area contributed by atoms with Crippen LogP contribution >= 0.6 is 0 Å². The molecule has 116 valence electrons. The number of amides is 1. The SMILES string of the molecule is CC(C)(C)OC(=O)N1CCC2(CC1)CC(CO)CCO2. The average Bonchev–Trinajstić information content (AvgIpc) is 2.37. The van der Waals surface area contributed by atoms with Crippen LogP contribution in [0.3, 0.4) is 0 Å². The topological polar surface area (TPSA) is 59.0 Å². The van der Waals surface area contributed by atoms with E-state index in [1.807, 2.05) is 20.8 Å². The van der Waals surface area contributed by atoms with Crippen molar-refractivity contribution in [3.8, 4) is 0 Å². The van der Waals surface area contributed by atoms with Gasteiger partial charge in [0.15, 0.2) is 0 Å². The molecule has 2 fully saturated rings. The van der Waals surface area contributed by atoms with Gasteiger partial charge in [0.1, 0.15) is 5.60 Å². The summed E-state index contributed by atoms with van der Waals surface area (Å²) in [7, 11) is 0. The molecule has 2 rings (SSSR count). The van der Waals surface area contributed by atoms with Gasteiger partial charge in [-0.05, 0) is 52.4 Å². The fourth-order valence-electron chi connectivity index (χ4n) is 3.06. The van der Waals surface area contributed by atoms with Crippen molar-refractivity contribution < 1.29 is 19.4 Å². The van der Waals surface area contributed by atoms with E-state index in [9.17, 15) is 9.90 Å². The molecule has 0 bridgehead atoms. The van der Waals surface area contributed by atoms with E-state index in [0.29, 0.717) is 19.0 Å². The second-order valence-corrected chi connectivity index (χ2v) is 7.04. The van der Waals surface area contributed by atoms with Crippen LogP contribution in [-0.2, 0) is 9.47 Å². The Kier molecular flexibility index (Phi) is 4.59. The summed E-state index contributed by atoms with van der Waals surface area (Å²) in [4.78, 5) is 13.8. The van der Waals surface area contributed by atoms with Gasteiger partial charge in [0.2, 0.25) is 0 Å². The van der Waals surface area contributed by atoms with Crippen molar-refractivity contribution >= 4 is 6.09 Å². The van der Waals surface area contributed by atoms with Gasteiger partial charge in [-0.2, -0.15) is 0 Å². The Hall–Kier alpha value is -0.810. The molecular weight excluding hydrogens is 258 g/mol. The molecule has 2 saturated heterocycles. The molecule has 1 N–H and O–H groups in total. The summed E-state index contributed by atoms with van der Waals surface area (Å²) in [6.07, 6.45) is 3.28. The van der Waals surface area contributed by atoms with Gasteiger partial charge in [-0.3, -0.25) is 0 Å². The number of piperidine rings is 1. The summed E-state index contributed by atoms with van der Waals surface area (Å²) >= 11 is 0. The van der Waals surface area contributed by atoms with E-state index in [2.05, 4.69) is 0 Å². The first-order valence-corrected chi connectivity index (χ1v) is 7.56. The average molecular weight is 285 g/mol. The smallest absolute Gasteiger partial charge is 0.410 e. The van der Waals surface area contributed by atoms with Crippen LogP contribution in [0.2, 0.25) is 0 Å². The first kappa shape index (κ1) is 15.6. The number of carbonyl (C=O) groups excluding carboxylic acids is 1. The summed E-state index contributed by atoms with van der Waals surface area (Å²) in [5, 5.41) is 9.33. The molecule has 1 spiro atoms. The molecule has 20 heavy (non-hydrogen) atoms. The highest BCUT2D eigenvalue weighted by atomic mass is 16.6. The molecule has 2 aliphatic heterocycles. The lowest BCUT2D eigenvalue weighted by Crippen LogP contribution is -2.51. The van der Waals surface area contributed by atoms with E-state index in [-0.39, 0.29) is 18.3 Å². The quantitative estimate of drug-likeness (QED) is 0.802. The predicted octanol–water partition coefficient (Wildman–Crippen LogP) is 2.17. The maximum Gasteiger partial charge on any atom is 0.410 e. The highest BCUT2D eigenvalue weighted by molar-refractivity contribution is 5.68. The molecule has 2 aliphatic rings. The zero-order valence-corrected chi connectivity index (χ0v) is 12.9. The number of aliphatic hydroxyl groups excluding tert-OH is 1. The van der Waals surface area contributed by atoms with Crippen LogP contribution in [0.4, 0.5) is 4.79 Å². The lowest BCUT2D eigenvalue weighted by molar-refractivity contribution is -0.131. The third-order valence-corrected chi connectivity index (χ3v) is 4.18. The van der Waals surface area contributed by atoms with Crippen LogP contribution in [0.1, 0.15) is 46.5 Å². The van der Waals surface area contributed by atoms with Gasteiger partial charge in [0, 0.05) is 26.3 Å². The summed E-state index contributed by atoms with van der Waals surface area (Å²) in [6.45, 7) is 7.95. The molecule has 0 aromatic carbocycles. The van der Waals surface area contributed by atoms with Crippen molar-refractivity contribution in [3.63, 3.8) is 0 Å². The standard InChI is InChI=1S/C15H27NO4/c1-14(2,3)20-13(18)16-7-5-15(6-8-16)10-12(11-17)4-9-19-15/h12,17H,4-11H2,1-3H3. The Balaban J connectivity index is 1.87. The van der Waals surface area contributed by atoms with Gasteiger partial charge in [-0.1, -0.05) is 0 Å². The second-order valence-electron chi connectivity index (χ2n) is 7.04. The van der Waals surface area contributed by atoms with Crippen LogP contribution in [0.15, 0.2) is 0 Å². The molecule has 0 saturated carbocycles. The minimum absolute atomic E-state index is 0.135. The zero-order valence-electron chi connectivity index (χ0n) is 12.9. The van der Waals surface area contributed by atoms with Crippen molar-refractivity contribution in [1.29, 1.82) is 0 Å². The molecular formula is C15H27NO4. The van der Waals surface area contributed by atoms with Gasteiger partial charge in [-0.25, -0.2) is 4.79 Å². The summed E-state index contributed by atoms with van der Waals surface area (Å²) in [5.74, 6) is 0.344. The molecule has 0 radical (unpaired) electrons. The number of hydrogen-bond acceptors (Lipinski definition) is 4. The van der Waals surface area contributed by atoms with Gasteiger partial charge >= 0.3 is 6.09 Å². The molecule has 0 aromatic heterocycles. The van der Waals surface area contributed by atoms with Crippen molar-refractivity contribution in [2.24, 2.45) is 5.92 Å². The van der Waals surface area contributed by atoms with E-state index in [1.54, 1.807) is 4.90 Å². The minimum atomic E-state index is -0.449. The highest BCUT2D eigenvalue weighted by Gasteiger charge is 2.41. The van der Waals surface area contributed by atoms with Gasteiger partial charge in [0.05, 0.1) is 5.60 Å². The van der Waals surface area contributed by atoms with Crippen LogP contribution in [0, 0.1) is 5.92 Å². The van der Waals surface area contributed by atoms with Crippen LogP contribution in [-0.4, -0.2) is 53.6 Å². The van der Waals surface area contributed by atoms with E-state index in [1.165, 1.54) is 0 Å². The largest absolute Gasteiger partial charge is 0.444 e. The Morgan fingerprint density at radius 3 is 2.60 bits per heavy atom. The lowest BCUT2D eigenvalue weighted by Gasteiger charge is -2.45. The van der Waals surface area contributed by atoms with E-state index >= 15 is 0 Å². The Morgan fingerprint density at radius 2 is 2.05 bits per heavy atom. The molecule has 0 aromatic rings. The Labute approximate surface area is 121 Å². The Bertz CT molecular complexity index is 342. The number of likely N-dealkylation sites (tertiary alicyclic amines) is 1. The second kappa shape index (κ2) is 5.90. The fourth-order valence-corrected chi connectivity index (χ4v) is 3.06. The molecule has 1 unspecified atom stereocenters. The fraction of sp³-hybridized carbons (Fsp3) is 0.933. The first-order chi connectivity index (χ1) is 9.34. The van der Waals surface area contributed by atoms with Gasteiger partial charge < -0.3 is 19.5 Å². The first-order valence-electron chi connectivity index (χ1n) is 7.56. The van der Waals surface area contributed by atoms with Crippen molar-refractivity contribution in [1.82, 2.24) is 4.90 Å². The minimum Gasteiger partial charge on any atom is -0.444 e. The molecule has 2 heterocycles. The number of aliphatic hydroxyl groups is 1. The van der Waals surface area contributed by atoms with Crippen molar-refractivity contribution in [2.45, 2.75) is 57.7 Å². The van der Waals surface area contributed by atoms with Gasteiger partial charge in [0.25, 0.3) is 0 Å². The zero-order chi connectivity index (χ0) is 14.8. The van der Waals surface area contributed by atoms with E-state index in [4.69, 9.17) is 9.47 Å². The maximum absolute atomic E-state index is 12.0. The monoisotopic (exact) mass is 285 g/mol. The third kappa shape index (κ3) is 3.85. The normalized spacial score (nSPS) is 26.6. The van der Waals surface area contributed by atoms with Crippen LogP contribution in [0.25, 0.3) is 0 Å². The Morgan fingerprint density at radius 1 is 1.40 bits per heavy atom. The molecule has 1 amide bonds. The van der Waals surface area contributed by atoms with Crippen molar-refractivity contribution in [2.75, 3.05) is 26.3 Å². The van der Waals surface area contributed by atoms with E-state index in [0.717, 1.165) is 32.3 Å². The highest BCUT2D eigenvalue weighted by Crippen LogP contribution is 2.37.